The molecule has 0 saturated heterocycles. The van der Waals surface area contributed by atoms with E-state index in [9.17, 15) is 9.59 Å². The van der Waals surface area contributed by atoms with Gasteiger partial charge in [-0.1, -0.05) is 36.4 Å². The predicted octanol–water partition coefficient (Wildman–Crippen LogP) is 3.51. The Morgan fingerprint density at radius 1 is 1.04 bits per heavy atom. The van der Waals surface area contributed by atoms with Crippen LogP contribution < -0.4 is 10.1 Å². The molecule has 2 aromatic carbocycles. The number of carbonyl (C=O) groups is 2. The number of carbonyl (C=O) groups excluding carboxylic acids is 2. The molecule has 0 aliphatic carbocycles. The topological polar surface area (TPSA) is 64.6 Å². The maximum absolute atomic E-state index is 11.9. The monoisotopic (exact) mass is 341 g/mol. The second-order valence-electron chi connectivity index (χ2n) is 5.56. The number of nitrogens with one attached hydrogen (secondary N) is 1. The third-order valence-corrected chi connectivity index (χ3v) is 3.65. The first-order valence-corrected chi connectivity index (χ1v) is 8.32. The van der Waals surface area contributed by atoms with Crippen LogP contribution >= 0.6 is 0 Å². The van der Waals surface area contributed by atoms with Gasteiger partial charge in [0.2, 0.25) is 0 Å². The highest BCUT2D eigenvalue weighted by Crippen LogP contribution is 2.19. The lowest BCUT2D eigenvalue weighted by atomic mass is 10.1. The number of amides is 1. The van der Waals surface area contributed by atoms with E-state index >= 15 is 0 Å². The summed E-state index contributed by atoms with van der Waals surface area (Å²) in [7, 11) is 0. The maximum atomic E-state index is 11.9. The fourth-order valence-corrected chi connectivity index (χ4v) is 2.36. The van der Waals surface area contributed by atoms with Crippen molar-refractivity contribution in [2.75, 3.05) is 18.5 Å². The van der Waals surface area contributed by atoms with E-state index < -0.39 is 5.97 Å². The van der Waals surface area contributed by atoms with Gasteiger partial charge in [-0.2, -0.15) is 0 Å². The Labute approximate surface area is 148 Å². The SMILES string of the molecule is CCOc1ccccc1CCC(=O)OCC(=O)Nc1ccccc1C. The van der Waals surface area contributed by atoms with Crippen molar-refractivity contribution in [2.45, 2.75) is 26.7 Å². The number of anilines is 1. The summed E-state index contributed by atoms with van der Waals surface area (Å²) >= 11 is 0. The minimum absolute atomic E-state index is 0.196. The zero-order valence-corrected chi connectivity index (χ0v) is 14.6. The van der Waals surface area contributed by atoms with E-state index in [1.807, 2.05) is 56.3 Å². The third kappa shape index (κ3) is 5.95. The molecule has 0 aliphatic heterocycles. The van der Waals surface area contributed by atoms with Gasteiger partial charge in [0.15, 0.2) is 6.61 Å². The molecule has 0 aliphatic rings. The van der Waals surface area contributed by atoms with E-state index in [-0.39, 0.29) is 18.9 Å². The summed E-state index contributed by atoms with van der Waals surface area (Å²) in [6.45, 7) is 4.09. The van der Waals surface area contributed by atoms with E-state index in [1.54, 1.807) is 6.07 Å². The lowest BCUT2D eigenvalue weighted by Crippen LogP contribution is -2.21. The van der Waals surface area contributed by atoms with Crippen LogP contribution in [-0.4, -0.2) is 25.1 Å². The average Bonchev–Trinajstić information content (AvgIpc) is 2.61. The van der Waals surface area contributed by atoms with Crippen LogP contribution in [0.3, 0.4) is 0 Å². The number of esters is 1. The van der Waals surface area contributed by atoms with E-state index in [0.717, 1.165) is 16.9 Å². The molecular weight excluding hydrogens is 318 g/mol. The van der Waals surface area contributed by atoms with Crippen LogP contribution in [0.4, 0.5) is 5.69 Å². The first-order valence-electron chi connectivity index (χ1n) is 8.32. The Bertz CT molecular complexity index is 727. The zero-order chi connectivity index (χ0) is 18.1. The van der Waals surface area contributed by atoms with Gasteiger partial charge in [-0.3, -0.25) is 9.59 Å². The molecule has 0 fully saturated rings. The molecule has 0 unspecified atom stereocenters. The second kappa shape index (κ2) is 9.47. The number of ether oxygens (including phenoxy) is 2. The number of hydrogen-bond donors (Lipinski definition) is 1. The zero-order valence-electron chi connectivity index (χ0n) is 14.6. The van der Waals surface area contributed by atoms with Gasteiger partial charge in [0, 0.05) is 12.1 Å². The number of rotatable bonds is 8. The second-order valence-corrected chi connectivity index (χ2v) is 5.56. The molecule has 5 nitrogen and oxygen atoms in total. The van der Waals surface area contributed by atoms with Crippen molar-refractivity contribution in [2.24, 2.45) is 0 Å². The average molecular weight is 341 g/mol. The van der Waals surface area contributed by atoms with Gasteiger partial charge in [-0.25, -0.2) is 0 Å². The first kappa shape index (κ1) is 18.5. The van der Waals surface area contributed by atoms with E-state index in [4.69, 9.17) is 9.47 Å². The Kier molecular flexibility index (Phi) is 7.01. The molecule has 0 heterocycles. The summed E-state index contributed by atoms with van der Waals surface area (Å²) in [5.41, 5.74) is 2.62. The highest BCUT2D eigenvalue weighted by molar-refractivity contribution is 5.93. The largest absolute Gasteiger partial charge is 0.494 e. The Hall–Kier alpha value is -2.82. The van der Waals surface area contributed by atoms with Crippen LogP contribution in [0.5, 0.6) is 5.75 Å². The van der Waals surface area contributed by atoms with Gasteiger partial charge in [0.1, 0.15) is 5.75 Å². The molecule has 2 aromatic rings. The summed E-state index contributed by atoms with van der Waals surface area (Å²) in [6, 6.07) is 15.0. The van der Waals surface area contributed by atoms with Gasteiger partial charge in [0.25, 0.3) is 5.91 Å². The quantitative estimate of drug-likeness (QED) is 0.746. The summed E-state index contributed by atoms with van der Waals surface area (Å²) in [4.78, 5) is 23.7. The summed E-state index contributed by atoms with van der Waals surface area (Å²) < 4.78 is 10.6. The smallest absolute Gasteiger partial charge is 0.306 e. The van der Waals surface area contributed by atoms with Crippen molar-refractivity contribution >= 4 is 17.6 Å². The number of benzene rings is 2. The number of para-hydroxylation sites is 2. The Morgan fingerprint density at radius 2 is 1.76 bits per heavy atom. The van der Waals surface area contributed by atoms with Gasteiger partial charge >= 0.3 is 5.97 Å². The molecule has 5 heteroatoms. The highest BCUT2D eigenvalue weighted by Gasteiger charge is 2.10. The van der Waals surface area contributed by atoms with Gasteiger partial charge in [0.05, 0.1) is 6.61 Å². The minimum atomic E-state index is -0.411. The van der Waals surface area contributed by atoms with Crippen molar-refractivity contribution in [1.29, 1.82) is 0 Å². The number of aryl methyl sites for hydroxylation is 2. The summed E-state index contributed by atoms with van der Waals surface area (Å²) in [5, 5.41) is 2.73. The molecular formula is C20H23NO4. The summed E-state index contributed by atoms with van der Waals surface area (Å²) in [5.74, 6) is 0.0127. The Balaban J connectivity index is 1.77. The molecule has 0 bridgehead atoms. The van der Waals surface area contributed by atoms with Gasteiger partial charge in [-0.15, -0.1) is 0 Å². The van der Waals surface area contributed by atoms with Crippen molar-refractivity contribution in [3.8, 4) is 5.75 Å². The minimum Gasteiger partial charge on any atom is -0.494 e. The third-order valence-electron chi connectivity index (χ3n) is 3.65. The summed E-state index contributed by atoms with van der Waals surface area (Å²) in [6.07, 6.45) is 0.705. The van der Waals surface area contributed by atoms with Crippen molar-refractivity contribution in [1.82, 2.24) is 0 Å². The lowest BCUT2D eigenvalue weighted by Gasteiger charge is -2.10. The normalized spacial score (nSPS) is 10.2. The van der Waals surface area contributed by atoms with Crippen LogP contribution in [0.15, 0.2) is 48.5 Å². The van der Waals surface area contributed by atoms with Crippen LogP contribution in [0.25, 0.3) is 0 Å². The maximum Gasteiger partial charge on any atom is 0.306 e. The first-order chi connectivity index (χ1) is 12.1. The molecule has 0 atom stereocenters. The molecule has 0 aromatic heterocycles. The molecule has 0 spiro atoms. The standard InChI is InChI=1S/C20H23NO4/c1-3-24-18-11-7-5-9-16(18)12-13-20(23)25-14-19(22)21-17-10-6-4-8-15(17)2/h4-11H,3,12-14H2,1-2H3,(H,21,22). The van der Waals surface area contributed by atoms with E-state index in [0.29, 0.717) is 18.7 Å². The molecule has 2 rings (SSSR count). The number of hydrogen-bond acceptors (Lipinski definition) is 4. The molecule has 0 saturated carbocycles. The van der Waals surface area contributed by atoms with Crippen molar-refractivity contribution in [3.05, 3.63) is 59.7 Å². The molecule has 1 amide bonds. The molecule has 132 valence electrons. The molecule has 1 N–H and O–H groups in total. The van der Waals surface area contributed by atoms with Crippen LogP contribution in [0, 0.1) is 6.92 Å². The van der Waals surface area contributed by atoms with E-state index in [2.05, 4.69) is 5.32 Å². The van der Waals surface area contributed by atoms with Crippen LogP contribution in [-0.2, 0) is 20.7 Å². The lowest BCUT2D eigenvalue weighted by molar-refractivity contribution is -0.147. The van der Waals surface area contributed by atoms with E-state index in [1.165, 1.54) is 0 Å². The van der Waals surface area contributed by atoms with Crippen LogP contribution in [0.2, 0.25) is 0 Å². The van der Waals surface area contributed by atoms with Gasteiger partial charge < -0.3 is 14.8 Å². The predicted molar refractivity (Wildman–Crippen MR) is 96.7 cm³/mol. The molecule has 0 radical (unpaired) electrons. The highest BCUT2D eigenvalue weighted by atomic mass is 16.5. The fourth-order valence-electron chi connectivity index (χ4n) is 2.36. The Morgan fingerprint density at radius 3 is 2.52 bits per heavy atom. The van der Waals surface area contributed by atoms with Crippen molar-refractivity contribution < 1.29 is 19.1 Å². The van der Waals surface area contributed by atoms with Crippen LogP contribution in [0.1, 0.15) is 24.5 Å². The van der Waals surface area contributed by atoms with Crippen molar-refractivity contribution in [3.63, 3.8) is 0 Å². The molecule has 25 heavy (non-hydrogen) atoms. The van der Waals surface area contributed by atoms with Gasteiger partial charge in [-0.05, 0) is 43.5 Å². The fraction of sp³-hybridized carbons (Fsp3) is 0.300.